The predicted molar refractivity (Wildman–Crippen MR) is 102 cm³/mol. The summed E-state index contributed by atoms with van der Waals surface area (Å²) in [4.78, 5) is 34.7. The maximum Gasteiger partial charge on any atom is 0.405 e. The minimum Gasteiger partial charge on any atom is -0.465 e. The van der Waals surface area contributed by atoms with Crippen molar-refractivity contribution in [3.05, 3.63) is 21.4 Å². The van der Waals surface area contributed by atoms with Crippen LogP contribution in [-0.4, -0.2) is 30.6 Å². The van der Waals surface area contributed by atoms with Gasteiger partial charge in [0.2, 0.25) is 0 Å². The number of primary amides is 1. The van der Waals surface area contributed by atoms with E-state index < -0.39 is 11.7 Å². The molecule has 0 spiro atoms. The number of esters is 1. The molecule has 1 aliphatic rings. The number of hydrogen-bond donors (Lipinski definition) is 1. The lowest BCUT2D eigenvalue weighted by Gasteiger charge is -2.19. The molecule has 1 aromatic rings. The molecule has 1 heterocycles. The highest BCUT2D eigenvalue weighted by atomic mass is 32.1. The van der Waals surface area contributed by atoms with Gasteiger partial charge in [-0.2, -0.15) is 0 Å². The Morgan fingerprint density at radius 3 is 2.15 bits per heavy atom. The van der Waals surface area contributed by atoms with Crippen LogP contribution in [0.1, 0.15) is 78.5 Å². The summed E-state index contributed by atoms with van der Waals surface area (Å²) in [5.41, 5.74) is 5.57. The number of carbonyl (C=O) groups is 3. The number of carbonyl (C=O) groups excluding carboxylic acids is 3. The van der Waals surface area contributed by atoms with Crippen molar-refractivity contribution in [3.8, 4) is 0 Å². The zero-order chi connectivity index (χ0) is 19.9. The van der Waals surface area contributed by atoms with Crippen LogP contribution >= 0.6 is 11.3 Å². The van der Waals surface area contributed by atoms with Crippen LogP contribution in [0.25, 0.3) is 0 Å². The van der Waals surface area contributed by atoms with Crippen LogP contribution in [0.4, 0.5) is 4.79 Å². The number of thiophene rings is 1. The van der Waals surface area contributed by atoms with Gasteiger partial charge in [-0.1, -0.05) is 19.3 Å². The van der Waals surface area contributed by atoms with Gasteiger partial charge in [0.1, 0.15) is 5.60 Å². The molecule has 7 heteroatoms. The van der Waals surface area contributed by atoms with Gasteiger partial charge in [0.05, 0.1) is 17.6 Å². The third-order valence-corrected chi connectivity index (χ3v) is 5.15. The molecule has 0 radical (unpaired) electrons. The Kier molecular flexibility index (Phi) is 8.27. The lowest BCUT2D eigenvalue weighted by Crippen LogP contribution is -2.27. The van der Waals surface area contributed by atoms with Gasteiger partial charge in [0.15, 0.2) is 5.78 Å². The zero-order valence-corrected chi connectivity index (χ0v) is 17.0. The summed E-state index contributed by atoms with van der Waals surface area (Å²) in [6.45, 7) is 7.12. The van der Waals surface area contributed by atoms with E-state index in [9.17, 15) is 14.4 Å². The molecule has 0 aliphatic heterocycles. The van der Waals surface area contributed by atoms with Crippen molar-refractivity contribution in [2.75, 3.05) is 7.11 Å². The van der Waals surface area contributed by atoms with Crippen molar-refractivity contribution in [2.45, 2.75) is 65.4 Å². The fraction of sp³-hybridized carbons (Fsp3) is 0.632. The molecular formula is C19H29NO5S. The van der Waals surface area contributed by atoms with Crippen LogP contribution in [-0.2, 0) is 9.47 Å². The Morgan fingerprint density at radius 1 is 1.15 bits per heavy atom. The van der Waals surface area contributed by atoms with Gasteiger partial charge in [-0.05, 0) is 46.1 Å². The first-order valence-electron chi connectivity index (χ1n) is 8.76. The summed E-state index contributed by atoms with van der Waals surface area (Å²) in [6, 6.07) is 0. The van der Waals surface area contributed by atoms with Gasteiger partial charge in [-0.3, -0.25) is 4.79 Å². The van der Waals surface area contributed by atoms with Crippen molar-refractivity contribution < 1.29 is 23.9 Å². The van der Waals surface area contributed by atoms with Crippen LogP contribution in [0, 0.1) is 12.8 Å². The normalized spacial score (nSPS) is 14.8. The molecule has 1 amide bonds. The third-order valence-electron chi connectivity index (χ3n) is 4.05. The van der Waals surface area contributed by atoms with Crippen molar-refractivity contribution >= 4 is 29.2 Å². The topological polar surface area (TPSA) is 95.7 Å². The average molecular weight is 384 g/mol. The maximum atomic E-state index is 12.4. The molecular weight excluding hydrogens is 354 g/mol. The van der Waals surface area contributed by atoms with Gasteiger partial charge in [-0.15, -0.1) is 11.3 Å². The second-order valence-electron chi connectivity index (χ2n) is 7.33. The lowest BCUT2D eigenvalue weighted by atomic mass is 9.85. The number of rotatable bonds is 3. The molecule has 146 valence electrons. The van der Waals surface area contributed by atoms with Crippen molar-refractivity contribution in [3.63, 3.8) is 0 Å². The van der Waals surface area contributed by atoms with E-state index in [1.807, 2.05) is 6.92 Å². The summed E-state index contributed by atoms with van der Waals surface area (Å²) < 4.78 is 9.29. The SMILES string of the molecule is CC(C)(C)OC(N)=O.COC(=O)c1csc(C(=O)C2CCCCC2)c1C. The Labute approximate surface area is 159 Å². The van der Waals surface area contributed by atoms with E-state index in [-0.39, 0.29) is 17.7 Å². The Bertz CT molecular complexity index is 639. The van der Waals surface area contributed by atoms with E-state index in [0.717, 1.165) is 36.1 Å². The Morgan fingerprint density at radius 2 is 1.73 bits per heavy atom. The highest BCUT2D eigenvalue weighted by Crippen LogP contribution is 2.31. The van der Waals surface area contributed by atoms with Crippen LogP contribution < -0.4 is 5.73 Å². The maximum absolute atomic E-state index is 12.4. The number of ketones is 1. The molecule has 0 aromatic carbocycles. The van der Waals surface area contributed by atoms with Crippen LogP contribution in [0.2, 0.25) is 0 Å². The summed E-state index contributed by atoms with van der Waals surface area (Å²) in [7, 11) is 1.36. The quantitative estimate of drug-likeness (QED) is 0.613. The van der Waals surface area contributed by atoms with Gasteiger partial charge >= 0.3 is 12.1 Å². The van der Waals surface area contributed by atoms with Crippen molar-refractivity contribution in [1.29, 1.82) is 0 Å². The van der Waals surface area contributed by atoms with E-state index in [0.29, 0.717) is 5.56 Å². The zero-order valence-electron chi connectivity index (χ0n) is 16.2. The van der Waals surface area contributed by atoms with Gasteiger partial charge in [-0.25, -0.2) is 9.59 Å². The minimum absolute atomic E-state index is 0.154. The lowest BCUT2D eigenvalue weighted by molar-refractivity contribution is 0.0590. The van der Waals surface area contributed by atoms with Gasteiger partial charge in [0.25, 0.3) is 0 Å². The van der Waals surface area contributed by atoms with E-state index >= 15 is 0 Å². The molecule has 0 unspecified atom stereocenters. The number of Topliss-reactive ketones (excluding diaryl/α,β-unsaturated/α-hetero) is 1. The summed E-state index contributed by atoms with van der Waals surface area (Å²) in [5.74, 6) is 0.0143. The molecule has 1 saturated carbocycles. The molecule has 1 aromatic heterocycles. The average Bonchev–Trinajstić information content (AvgIpc) is 2.94. The molecule has 6 nitrogen and oxygen atoms in total. The van der Waals surface area contributed by atoms with Crippen LogP contribution in [0.15, 0.2) is 5.38 Å². The van der Waals surface area contributed by atoms with Gasteiger partial charge < -0.3 is 15.2 Å². The van der Waals surface area contributed by atoms with E-state index in [4.69, 9.17) is 10.5 Å². The first-order chi connectivity index (χ1) is 12.1. The van der Waals surface area contributed by atoms with Crippen molar-refractivity contribution in [2.24, 2.45) is 11.7 Å². The largest absolute Gasteiger partial charge is 0.465 e. The highest BCUT2D eigenvalue weighted by Gasteiger charge is 2.26. The fourth-order valence-electron chi connectivity index (χ4n) is 2.82. The third kappa shape index (κ3) is 6.78. The van der Waals surface area contributed by atoms with Crippen molar-refractivity contribution in [1.82, 2.24) is 0 Å². The molecule has 1 fully saturated rings. The van der Waals surface area contributed by atoms with Crippen LogP contribution in [0.5, 0.6) is 0 Å². The van der Waals surface area contributed by atoms with E-state index in [2.05, 4.69) is 4.74 Å². The monoisotopic (exact) mass is 383 g/mol. The standard InChI is InChI=1S/C14H18O3S.C5H11NO2/c1-9-11(14(16)17-2)8-18-13(9)12(15)10-6-4-3-5-7-10;1-5(2,3)8-4(6)7/h8,10H,3-7H2,1-2H3;1-3H3,(H2,6,7). The number of amides is 1. The summed E-state index contributed by atoms with van der Waals surface area (Å²) >= 11 is 1.37. The smallest absolute Gasteiger partial charge is 0.405 e. The molecule has 2 rings (SSSR count). The number of ether oxygens (including phenoxy) is 2. The second-order valence-corrected chi connectivity index (χ2v) is 8.21. The molecule has 1 aliphatic carbocycles. The Hall–Kier alpha value is -1.89. The number of methoxy groups -OCH3 is 1. The number of nitrogens with two attached hydrogens (primary N) is 1. The molecule has 0 saturated heterocycles. The highest BCUT2D eigenvalue weighted by molar-refractivity contribution is 7.12. The predicted octanol–water partition coefficient (Wildman–Crippen LogP) is 4.49. The summed E-state index contributed by atoms with van der Waals surface area (Å²) in [6.07, 6.45) is 4.78. The van der Waals surface area contributed by atoms with E-state index in [1.165, 1.54) is 24.9 Å². The second kappa shape index (κ2) is 9.71. The first kappa shape index (κ1) is 22.2. The molecule has 0 atom stereocenters. The summed E-state index contributed by atoms with van der Waals surface area (Å²) in [5, 5.41) is 1.73. The minimum atomic E-state index is -0.725. The fourth-order valence-corrected chi connectivity index (χ4v) is 3.90. The molecule has 26 heavy (non-hydrogen) atoms. The van der Waals surface area contributed by atoms with Crippen LogP contribution in [0.3, 0.4) is 0 Å². The van der Waals surface area contributed by atoms with E-state index in [1.54, 1.807) is 26.2 Å². The number of hydrogen-bond acceptors (Lipinski definition) is 6. The molecule has 0 bridgehead atoms. The first-order valence-corrected chi connectivity index (χ1v) is 9.63. The van der Waals surface area contributed by atoms with Gasteiger partial charge in [0, 0.05) is 11.3 Å². The Balaban J connectivity index is 0.000000359. The molecule has 2 N–H and O–H groups in total.